The fourth-order valence-corrected chi connectivity index (χ4v) is 5.17. The maximum Gasteiger partial charge on any atom is 0.233 e. The molecule has 3 aromatic rings. The van der Waals surface area contributed by atoms with Crippen molar-refractivity contribution in [3.63, 3.8) is 0 Å². The molecular formula is C26H31N5O2. The summed E-state index contributed by atoms with van der Waals surface area (Å²) in [6.07, 6.45) is 9.53. The Morgan fingerprint density at radius 2 is 1.91 bits per heavy atom. The zero-order valence-electron chi connectivity index (χ0n) is 19.1. The molecule has 2 aliphatic rings. The smallest absolute Gasteiger partial charge is 0.233 e. The summed E-state index contributed by atoms with van der Waals surface area (Å²) < 4.78 is 7.46. The van der Waals surface area contributed by atoms with E-state index in [0.29, 0.717) is 12.5 Å². The van der Waals surface area contributed by atoms with Crippen molar-refractivity contribution in [3.8, 4) is 11.7 Å². The maximum absolute atomic E-state index is 12.8. The van der Waals surface area contributed by atoms with Gasteiger partial charge in [-0.1, -0.05) is 18.2 Å². The van der Waals surface area contributed by atoms with Gasteiger partial charge in [-0.2, -0.15) is 0 Å². The number of rotatable bonds is 8. The number of piperidine rings is 1. The molecule has 1 atom stereocenters. The van der Waals surface area contributed by atoms with E-state index < -0.39 is 0 Å². The third-order valence-corrected chi connectivity index (χ3v) is 7.23. The van der Waals surface area contributed by atoms with Gasteiger partial charge in [0.1, 0.15) is 5.75 Å². The maximum atomic E-state index is 12.8. The van der Waals surface area contributed by atoms with Crippen molar-refractivity contribution < 1.29 is 9.53 Å². The Morgan fingerprint density at radius 1 is 1.12 bits per heavy atom. The van der Waals surface area contributed by atoms with E-state index in [-0.39, 0.29) is 17.2 Å². The topological polar surface area (TPSA) is 72.3 Å². The zero-order valence-corrected chi connectivity index (χ0v) is 19.1. The molecule has 1 saturated heterocycles. The third-order valence-electron chi connectivity index (χ3n) is 7.23. The molecule has 2 fully saturated rings. The van der Waals surface area contributed by atoms with E-state index in [2.05, 4.69) is 36.9 Å². The summed E-state index contributed by atoms with van der Waals surface area (Å²) >= 11 is 0. The average molecular weight is 446 g/mol. The summed E-state index contributed by atoms with van der Waals surface area (Å²) in [5.74, 6) is 1.97. The van der Waals surface area contributed by atoms with Crippen LogP contribution in [-0.2, 0) is 17.8 Å². The molecule has 172 valence electrons. The van der Waals surface area contributed by atoms with Crippen LogP contribution in [0, 0.1) is 11.3 Å². The number of carbonyl (C=O) groups is 1. The normalized spacial score (nSPS) is 19.4. The summed E-state index contributed by atoms with van der Waals surface area (Å²) in [6, 6.07) is 14.0. The molecule has 5 rings (SSSR count). The van der Waals surface area contributed by atoms with E-state index in [1.807, 2.05) is 36.5 Å². The van der Waals surface area contributed by atoms with Crippen LogP contribution in [0.1, 0.15) is 30.5 Å². The van der Waals surface area contributed by atoms with E-state index in [1.165, 1.54) is 5.69 Å². The van der Waals surface area contributed by atoms with Crippen LogP contribution in [0.2, 0.25) is 0 Å². The molecule has 1 aromatic carbocycles. The van der Waals surface area contributed by atoms with Crippen molar-refractivity contribution in [2.75, 3.05) is 26.7 Å². The van der Waals surface area contributed by atoms with Crippen LogP contribution >= 0.6 is 0 Å². The van der Waals surface area contributed by atoms with E-state index in [9.17, 15) is 4.79 Å². The van der Waals surface area contributed by atoms with Crippen molar-refractivity contribution in [3.05, 3.63) is 72.3 Å². The first-order valence-electron chi connectivity index (χ1n) is 11.7. The van der Waals surface area contributed by atoms with Crippen LogP contribution in [0.4, 0.5) is 0 Å². The number of methoxy groups -OCH3 is 1. The number of carbonyl (C=O) groups excluding carboxylic acids is 1. The SMILES string of the molecule is COc1ccccc1CCNC(=O)[C@@H]1CC12CCN(Cc1cccn1-c1ncccn1)CC2. The standard InChI is InChI=1S/C26H31N5O2/c1-33-23-8-3-2-6-20(23)9-14-27-24(32)22-18-26(22)10-16-30(17-11-26)19-21-7-4-15-31(21)25-28-12-5-13-29-25/h2-8,12-13,15,22H,9-11,14,16-19H2,1H3,(H,27,32)/t22-/m0/s1. The van der Waals surface area contributed by atoms with Crippen LogP contribution in [0.5, 0.6) is 5.75 Å². The fourth-order valence-electron chi connectivity index (χ4n) is 5.17. The first-order valence-corrected chi connectivity index (χ1v) is 11.7. The summed E-state index contributed by atoms with van der Waals surface area (Å²) in [6.45, 7) is 3.56. The van der Waals surface area contributed by atoms with Gasteiger partial charge in [0.25, 0.3) is 0 Å². The molecule has 0 unspecified atom stereocenters. The van der Waals surface area contributed by atoms with Crippen LogP contribution in [0.3, 0.4) is 0 Å². The fraction of sp³-hybridized carbons (Fsp3) is 0.423. The highest BCUT2D eigenvalue weighted by molar-refractivity contribution is 5.82. The van der Waals surface area contributed by atoms with Crippen molar-refractivity contribution in [2.24, 2.45) is 11.3 Å². The Hall–Kier alpha value is -3.19. The van der Waals surface area contributed by atoms with E-state index in [4.69, 9.17) is 4.74 Å². The molecule has 3 heterocycles. The number of benzene rings is 1. The molecule has 1 aliphatic heterocycles. The molecule has 7 nitrogen and oxygen atoms in total. The number of hydrogen-bond donors (Lipinski definition) is 1. The van der Waals surface area contributed by atoms with Crippen molar-refractivity contribution in [2.45, 2.75) is 32.2 Å². The predicted molar refractivity (Wildman–Crippen MR) is 126 cm³/mol. The quantitative estimate of drug-likeness (QED) is 0.576. The lowest BCUT2D eigenvalue weighted by Gasteiger charge is -2.32. The number of aromatic nitrogens is 3. The van der Waals surface area contributed by atoms with Gasteiger partial charge in [-0.15, -0.1) is 0 Å². The van der Waals surface area contributed by atoms with Crippen molar-refractivity contribution >= 4 is 5.91 Å². The first-order chi connectivity index (χ1) is 16.2. The van der Waals surface area contributed by atoms with Gasteiger partial charge in [-0.05, 0) is 74.0 Å². The summed E-state index contributed by atoms with van der Waals surface area (Å²) in [4.78, 5) is 24.0. The minimum absolute atomic E-state index is 0.166. The van der Waals surface area contributed by atoms with Gasteiger partial charge in [-0.25, -0.2) is 9.97 Å². The third kappa shape index (κ3) is 4.64. The lowest BCUT2D eigenvalue weighted by atomic mass is 9.90. The number of likely N-dealkylation sites (tertiary alicyclic amines) is 1. The number of nitrogens with zero attached hydrogens (tertiary/aromatic N) is 4. The zero-order chi connectivity index (χ0) is 22.7. The highest BCUT2D eigenvalue weighted by Gasteiger charge is 2.58. The monoisotopic (exact) mass is 445 g/mol. The summed E-state index contributed by atoms with van der Waals surface area (Å²) in [7, 11) is 1.68. The molecule has 0 bridgehead atoms. The second-order valence-corrected chi connectivity index (χ2v) is 9.17. The first kappa shape index (κ1) is 21.6. The number of ether oxygens (including phenoxy) is 1. The number of nitrogens with one attached hydrogen (secondary N) is 1. The molecule has 2 aromatic heterocycles. The van der Waals surface area contributed by atoms with Gasteiger partial charge >= 0.3 is 0 Å². The summed E-state index contributed by atoms with van der Waals surface area (Å²) in [5.41, 5.74) is 2.53. The number of hydrogen-bond acceptors (Lipinski definition) is 5. The summed E-state index contributed by atoms with van der Waals surface area (Å²) in [5, 5.41) is 3.16. The second kappa shape index (κ2) is 9.35. The molecule has 7 heteroatoms. The number of para-hydroxylation sites is 1. The Bertz CT molecular complexity index is 1090. The second-order valence-electron chi connectivity index (χ2n) is 9.17. The van der Waals surface area contributed by atoms with Gasteiger partial charge < -0.3 is 10.1 Å². The van der Waals surface area contributed by atoms with Gasteiger partial charge in [0.2, 0.25) is 11.9 Å². The Balaban J connectivity index is 1.10. The van der Waals surface area contributed by atoms with Crippen molar-refractivity contribution in [1.29, 1.82) is 0 Å². The minimum Gasteiger partial charge on any atom is -0.496 e. The van der Waals surface area contributed by atoms with Crippen LogP contribution < -0.4 is 10.1 Å². The van der Waals surface area contributed by atoms with E-state index in [1.54, 1.807) is 19.5 Å². The molecular weight excluding hydrogens is 414 g/mol. The molecule has 1 saturated carbocycles. The van der Waals surface area contributed by atoms with Gasteiger partial charge in [0.05, 0.1) is 7.11 Å². The Labute approximate surface area is 194 Å². The highest BCUT2D eigenvalue weighted by Crippen LogP contribution is 2.59. The number of amides is 1. The van der Waals surface area contributed by atoms with Crippen LogP contribution in [0.25, 0.3) is 5.95 Å². The molecule has 1 aliphatic carbocycles. The Kier molecular flexibility index (Phi) is 6.13. The van der Waals surface area contributed by atoms with E-state index in [0.717, 1.165) is 56.6 Å². The van der Waals surface area contributed by atoms with Gasteiger partial charge in [0, 0.05) is 43.3 Å². The van der Waals surface area contributed by atoms with E-state index >= 15 is 0 Å². The molecule has 1 amide bonds. The molecule has 33 heavy (non-hydrogen) atoms. The lowest BCUT2D eigenvalue weighted by Crippen LogP contribution is -2.37. The van der Waals surface area contributed by atoms with Crippen molar-refractivity contribution in [1.82, 2.24) is 24.8 Å². The highest BCUT2D eigenvalue weighted by atomic mass is 16.5. The molecule has 1 N–H and O–H groups in total. The predicted octanol–water partition coefficient (Wildman–Crippen LogP) is 3.24. The Morgan fingerprint density at radius 3 is 2.70 bits per heavy atom. The van der Waals surface area contributed by atoms with Crippen LogP contribution in [-0.4, -0.2) is 52.1 Å². The molecule has 1 spiro atoms. The lowest BCUT2D eigenvalue weighted by molar-refractivity contribution is -0.123. The average Bonchev–Trinajstić information content (AvgIpc) is 3.36. The molecule has 0 radical (unpaired) electrons. The van der Waals surface area contributed by atoms with Crippen LogP contribution in [0.15, 0.2) is 61.1 Å². The largest absolute Gasteiger partial charge is 0.496 e. The van der Waals surface area contributed by atoms with Gasteiger partial charge in [0.15, 0.2) is 0 Å². The van der Waals surface area contributed by atoms with Gasteiger partial charge in [-0.3, -0.25) is 14.3 Å². The minimum atomic E-state index is 0.166.